The molecule has 1 aliphatic rings. The zero-order valence-electron chi connectivity index (χ0n) is 12.1. The molecule has 22 heavy (non-hydrogen) atoms. The number of rotatable bonds is 3. The predicted octanol–water partition coefficient (Wildman–Crippen LogP) is 1.80. The molecular weight excluding hydrogens is 278 g/mol. The topological polar surface area (TPSA) is 66.9 Å². The Hall–Kier alpha value is -2.47. The summed E-state index contributed by atoms with van der Waals surface area (Å²) in [6, 6.07) is 10.4. The fraction of sp³-hybridized carbons (Fsp3) is 0.312. The summed E-state index contributed by atoms with van der Waals surface area (Å²) in [5.74, 6) is 0.906. The monoisotopic (exact) mass is 295 g/mol. The van der Waals surface area contributed by atoms with Crippen LogP contribution in [0, 0.1) is 0 Å². The van der Waals surface area contributed by atoms with Crippen LogP contribution in [0.3, 0.4) is 0 Å². The molecule has 3 aromatic rings. The molecule has 1 aliphatic heterocycles. The third-order valence-corrected chi connectivity index (χ3v) is 3.95. The van der Waals surface area contributed by atoms with Crippen LogP contribution in [0.4, 0.5) is 5.82 Å². The van der Waals surface area contributed by atoms with Gasteiger partial charge >= 0.3 is 0 Å². The highest BCUT2D eigenvalue weighted by Gasteiger charge is 2.23. The van der Waals surface area contributed by atoms with Crippen molar-refractivity contribution in [2.24, 2.45) is 0 Å². The first-order valence-corrected chi connectivity index (χ1v) is 7.45. The van der Waals surface area contributed by atoms with Gasteiger partial charge in [0, 0.05) is 19.5 Å². The molecule has 0 amide bonds. The highest BCUT2D eigenvalue weighted by atomic mass is 16.5. The van der Waals surface area contributed by atoms with Gasteiger partial charge < -0.3 is 14.6 Å². The van der Waals surface area contributed by atoms with Gasteiger partial charge in [0.15, 0.2) is 11.5 Å². The average molecular weight is 295 g/mol. The molecule has 0 bridgehead atoms. The normalized spacial score (nSPS) is 18.7. The number of H-pyrrole nitrogens is 1. The highest BCUT2D eigenvalue weighted by Crippen LogP contribution is 2.22. The number of benzene rings is 1. The average Bonchev–Trinajstić information content (AvgIpc) is 3.04. The number of nitrogens with zero attached hydrogens (tertiary/aromatic N) is 4. The van der Waals surface area contributed by atoms with Gasteiger partial charge in [-0.05, 0) is 5.56 Å². The van der Waals surface area contributed by atoms with E-state index >= 15 is 0 Å². The lowest BCUT2D eigenvalue weighted by Gasteiger charge is -2.33. The number of fused-ring (bicyclic) bond motifs is 1. The SMILES string of the molecule is c1ccc(CC2CN(c3ncnc4nc[nH]c34)CCO2)cc1. The van der Waals surface area contributed by atoms with E-state index in [0.717, 1.165) is 30.8 Å². The highest BCUT2D eigenvalue weighted by molar-refractivity contribution is 5.82. The van der Waals surface area contributed by atoms with Crippen LogP contribution in [0.5, 0.6) is 0 Å². The summed E-state index contributed by atoms with van der Waals surface area (Å²) < 4.78 is 5.92. The standard InChI is InChI=1S/C16H17N5O/c1-2-4-12(5-3-1)8-13-9-21(6-7-22-13)16-14-15(18-10-17-14)19-11-20-16/h1-5,10-11,13H,6-9H2,(H,17,18,19,20). The third-order valence-electron chi connectivity index (χ3n) is 3.95. The molecule has 2 aromatic heterocycles. The summed E-state index contributed by atoms with van der Waals surface area (Å²) in [6.07, 6.45) is 4.31. The van der Waals surface area contributed by atoms with E-state index in [1.807, 2.05) is 6.07 Å². The van der Waals surface area contributed by atoms with Crippen molar-refractivity contribution in [2.45, 2.75) is 12.5 Å². The number of aromatic nitrogens is 4. The molecule has 1 atom stereocenters. The second-order valence-electron chi connectivity index (χ2n) is 5.43. The lowest BCUT2D eigenvalue weighted by Crippen LogP contribution is -2.44. The molecule has 0 spiro atoms. The molecule has 1 saturated heterocycles. The molecule has 6 nitrogen and oxygen atoms in total. The predicted molar refractivity (Wildman–Crippen MR) is 83.8 cm³/mol. The molecule has 4 rings (SSSR count). The zero-order valence-corrected chi connectivity index (χ0v) is 12.1. The van der Waals surface area contributed by atoms with Crippen LogP contribution in [-0.4, -0.2) is 45.7 Å². The fourth-order valence-electron chi connectivity index (χ4n) is 2.90. The van der Waals surface area contributed by atoms with Gasteiger partial charge in [0.25, 0.3) is 0 Å². The number of nitrogens with one attached hydrogen (secondary N) is 1. The molecule has 1 unspecified atom stereocenters. The molecule has 6 heteroatoms. The van der Waals surface area contributed by atoms with Crippen LogP contribution < -0.4 is 4.90 Å². The van der Waals surface area contributed by atoms with Crippen molar-refractivity contribution in [1.82, 2.24) is 19.9 Å². The maximum absolute atomic E-state index is 5.92. The van der Waals surface area contributed by atoms with Crippen molar-refractivity contribution < 1.29 is 4.74 Å². The van der Waals surface area contributed by atoms with Crippen molar-refractivity contribution in [3.63, 3.8) is 0 Å². The van der Waals surface area contributed by atoms with E-state index < -0.39 is 0 Å². The van der Waals surface area contributed by atoms with Gasteiger partial charge in [0.05, 0.1) is 19.0 Å². The summed E-state index contributed by atoms with van der Waals surface area (Å²) in [5, 5.41) is 0. The first-order valence-electron chi connectivity index (χ1n) is 7.45. The first kappa shape index (κ1) is 13.2. The lowest BCUT2D eigenvalue weighted by atomic mass is 10.1. The summed E-state index contributed by atoms with van der Waals surface area (Å²) in [4.78, 5) is 18.2. The number of hydrogen-bond donors (Lipinski definition) is 1. The van der Waals surface area contributed by atoms with Crippen LogP contribution in [0.2, 0.25) is 0 Å². The summed E-state index contributed by atoms with van der Waals surface area (Å²) in [5.41, 5.74) is 2.89. The van der Waals surface area contributed by atoms with Gasteiger partial charge in [-0.25, -0.2) is 15.0 Å². The third kappa shape index (κ3) is 2.53. The summed E-state index contributed by atoms with van der Waals surface area (Å²) in [7, 11) is 0. The maximum atomic E-state index is 5.92. The quantitative estimate of drug-likeness (QED) is 0.798. The van der Waals surface area contributed by atoms with Gasteiger partial charge in [-0.2, -0.15) is 0 Å². The Bertz CT molecular complexity index is 757. The van der Waals surface area contributed by atoms with E-state index in [-0.39, 0.29) is 6.10 Å². The van der Waals surface area contributed by atoms with Crippen LogP contribution in [0.1, 0.15) is 5.56 Å². The second-order valence-corrected chi connectivity index (χ2v) is 5.43. The van der Waals surface area contributed by atoms with E-state index in [4.69, 9.17) is 4.74 Å². The van der Waals surface area contributed by atoms with Gasteiger partial charge in [-0.15, -0.1) is 0 Å². The molecule has 3 heterocycles. The van der Waals surface area contributed by atoms with E-state index in [1.165, 1.54) is 5.56 Å². The van der Waals surface area contributed by atoms with Crippen molar-refractivity contribution in [3.8, 4) is 0 Å². The Labute approximate surface area is 128 Å². The van der Waals surface area contributed by atoms with Crippen molar-refractivity contribution >= 4 is 17.0 Å². The van der Waals surface area contributed by atoms with E-state index in [1.54, 1.807) is 12.7 Å². The van der Waals surface area contributed by atoms with Crippen LogP contribution in [-0.2, 0) is 11.2 Å². The molecule has 1 fully saturated rings. The van der Waals surface area contributed by atoms with Gasteiger partial charge in [-0.1, -0.05) is 30.3 Å². The van der Waals surface area contributed by atoms with Crippen molar-refractivity contribution in [3.05, 3.63) is 48.5 Å². The number of morpholine rings is 1. The Morgan fingerprint density at radius 1 is 1.18 bits per heavy atom. The fourth-order valence-corrected chi connectivity index (χ4v) is 2.90. The molecule has 1 N–H and O–H groups in total. The molecule has 1 aromatic carbocycles. The molecule has 0 aliphatic carbocycles. The first-order chi connectivity index (χ1) is 10.9. The van der Waals surface area contributed by atoms with Gasteiger partial charge in [-0.3, -0.25) is 0 Å². The summed E-state index contributed by atoms with van der Waals surface area (Å²) >= 11 is 0. The Balaban J connectivity index is 1.55. The Kier molecular flexibility index (Phi) is 3.44. The Morgan fingerprint density at radius 3 is 3.00 bits per heavy atom. The van der Waals surface area contributed by atoms with Crippen LogP contribution in [0.15, 0.2) is 43.0 Å². The minimum atomic E-state index is 0.170. The number of aromatic amines is 1. The van der Waals surface area contributed by atoms with Crippen LogP contribution >= 0.6 is 0 Å². The zero-order chi connectivity index (χ0) is 14.8. The van der Waals surface area contributed by atoms with Crippen LogP contribution in [0.25, 0.3) is 11.2 Å². The van der Waals surface area contributed by atoms with E-state index in [0.29, 0.717) is 12.3 Å². The van der Waals surface area contributed by atoms with Gasteiger partial charge in [0.2, 0.25) is 0 Å². The van der Waals surface area contributed by atoms with Crippen molar-refractivity contribution in [1.29, 1.82) is 0 Å². The molecule has 0 saturated carbocycles. The molecule has 112 valence electrons. The molecular formula is C16H17N5O. The largest absolute Gasteiger partial charge is 0.374 e. The molecule has 0 radical (unpaired) electrons. The minimum Gasteiger partial charge on any atom is -0.374 e. The smallest absolute Gasteiger partial charge is 0.182 e. The van der Waals surface area contributed by atoms with Crippen molar-refractivity contribution in [2.75, 3.05) is 24.6 Å². The van der Waals surface area contributed by atoms with E-state index in [2.05, 4.69) is 49.1 Å². The minimum absolute atomic E-state index is 0.170. The van der Waals surface area contributed by atoms with Gasteiger partial charge in [0.1, 0.15) is 11.8 Å². The number of anilines is 1. The number of imidazole rings is 1. The second kappa shape index (κ2) is 5.73. The number of ether oxygens (including phenoxy) is 1. The Morgan fingerprint density at radius 2 is 2.09 bits per heavy atom. The lowest BCUT2D eigenvalue weighted by molar-refractivity contribution is 0.0409. The number of hydrogen-bond acceptors (Lipinski definition) is 5. The maximum Gasteiger partial charge on any atom is 0.182 e. The van der Waals surface area contributed by atoms with E-state index in [9.17, 15) is 0 Å². The summed E-state index contributed by atoms with van der Waals surface area (Å²) in [6.45, 7) is 2.35.